The Bertz CT molecular complexity index is 1540. The lowest BCUT2D eigenvalue weighted by Gasteiger charge is -2.21. The van der Waals surface area contributed by atoms with Crippen molar-refractivity contribution in [3.8, 4) is 16.8 Å². The molecule has 0 amide bonds. The molecular formula is C25H20ClN7O. The number of anilines is 2. The van der Waals surface area contributed by atoms with E-state index in [2.05, 4.69) is 20.3 Å². The minimum Gasteiger partial charge on any atom is -0.368 e. The highest BCUT2D eigenvalue weighted by atomic mass is 35.5. The molecular weight excluding hydrogens is 450 g/mol. The molecule has 2 aromatic carbocycles. The van der Waals surface area contributed by atoms with Gasteiger partial charge in [0.1, 0.15) is 11.6 Å². The molecule has 9 heteroatoms. The average molecular weight is 470 g/mol. The third-order valence-corrected chi connectivity index (χ3v) is 5.74. The molecule has 3 heterocycles. The first-order valence-electron chi connectivity index (χ1n) is 10.6. The maximum atomic E-state index is 13.6. The number of halogens is 1. The van der Waals surface area contributed by atoms with E-state index in [0.29, 0.717) is 33.3 Å². The molecule has 0 radical (unpaired) electrons. The van der Waals surface area contributed by atoms with Crippen LogP contribution in [-0.4, -0.2) is 24.5 Å². The average Bonchev–Trinajstić information content (AvgIpc) is 2.85. The minimum atomic E-state index is -0.425. The van der Waals surface area contributed by atoms with Crippen LogP contribution >= 0.6 is 11.6 Å². The predicted octanol–water partition coefficient (Wildman–Crippen LogP) is 4.65. The number of fused-ring (bicyclic) bond motifs is 1. The Morgan fingerprint density at radius 2 is 1.76 bits per heavy atom. The molecule has 0 fully saturated rings. The van der Waals surface area contributed by atoms with Gasteiger partial charge in [0, 0.05) is 24.2 Å². The number of para-hydroxylation sites is 1. The third-order valence-electron chi connectivity index (χ3n) is 5.43. The Hall–Kier alpha value is -4.30. The molecule has 0 saturated heterocycles. The van der Waals surface area contributed by atoms with Crippen LogP contribution in [0.4, 0.5) is 11.8 Å². The van der Waals surface area contributed by atoms with Gasteiger partial charge in [-0.3, -0.25) is 14.3 Å². The van der Waals surface area contributed by atoms with E-state index in [0.717, 1.165) is 11.1 Å². The smallest absolute Gasteiger partial charge is 0.267 e. The molecule has 0 aliphatic heterocycles. The van der Waals surface area contributed by atoms with Crippen molar-refractivity contribution in [1.82, 2.24) is 24.5 Å². The van der Waals surface area contributed by atoms with Crippen LogP contribution in [0.1, 0.15) is 18.8 Å². The number of benzene rings is 2. The van der Waals surface area contributed by atoms with Gasteiger partial charge in [-0.15, -0.1) is 0 Å². The predicted molar refractivity (Wildman–Crippen MR) is 134 cm³/mol. The SMILES string of the molecule is CC(Nc1nc(N)ncc1-c1ccncc1)c1nc2cccc(Cl)c2c(=O)n1-c1ccccc1. The summed E-state index contributed by atoms with van der Waals surface area (Å²) in [6, 6.07) is 17.9. The van der Waals surface area contributed by atoms with Crippen LogP contribution in [0.2, 0.25) is 5.02 Å². The van der Waals surface area contributed by atoms with Crippen LogP contribution in [0.5, 0.6) is 0 Å². The van der Waals surface area contributed by atoms with E-state index < -0.39 is 6.04 Å². The number of nitrogens with one attached hydrogen (secondary N) is 1. The van der Waals surface area contributed by atoms with Gasteiger partial charge < -0.3 is 11.1 Å². The third kappa shape index (κ3) is 3.95. The lowest BCUT2D eigenvalue weighted by Crippen LogP contribution is -2.27. The molecule has 3 N–H and O–H groups in total. The molecule has 34 heavy (non-hydrogen) atoms. The van der Waals surface area contributed by atoms with Gasteiger partial charge in [-0.2, -0.15) is 4.98 Å². The first-order chi connectivity index (χ1) is 16.5. The van der Waals surface area contributed by atoms with Gasteiger partial charge >= 0.3 is 0 Å². The Morgan fingerprint density at radius 3 is 2.53 bits per heavy atom. The molecule has 8 nitrogen and oxygen atoms in total. The molecule has 0 saturated carbocycles. The lowest BCUT2D eigenvalue weighted by molar-refractivity contribution is 0.731. The van der Waals surface area contributed by atoms with E-state index in [1.807, 2.05) is 49.4 Å². The number of nitrogens with two attached hydrogens (primary N) is 1. The van der Waals surface area contributed by atoms with Gasteiger partial charge in [-0.1, -0.05) is 35.9 Å². The summed E-state index contributed by atoms with van der Waals surface area (Å²) in [6.45, 7) is 1.91. The van der Waals surface area contributed by atoms with Crippen molar-refractivity contribution < 1.29 is 0 Å². The van der Waals surface area contributed by atoms with Crippen molar-refractivity contribution in [2.45, 2.75) is 13.0 Å². The molecule has 0 bridgehead atoms. The van der Waals surface area contributed by atoms with Gasteiger partial charge in [0.15, 0.2) is 0 Å². The summed E-state index contributed by atoms with van der Waals surface area (Å²) in [4.78, 5) is 31.1. The first kappa shape index (κ1) is 21.5. The number of nitrogen functional groups attached to an aromatic ring is 1. The van der Waals surface area contributed by atoms with Gasteiger partial charge in [0.25, 0.3) is 5.56 Å². The molecule has 1 atom stereocenters. The zero-order valence-electron chi connectivity index (χ0n) is 18.2. The maximum absolute atomic E-state index is 13.6. The normalized spacial score (nSPS) is 11.9. The Kier molecular flexibility index (Phi) is 5.65. The number of hydrogen-bond acceptors (Lipinski definition) is 7. The van der Waals surface area contributed by atoms with Gasteiger partial charge in [-0.25, -0.2) is 9.97 Å². The zero-order chi connectivity index (χ0) is 23.7. The molecule has 5 rings (SSSR count). The largest absolute Gasteiger partial charge is 0.368 e. The second kappa shape index (κ2) is 8.92. The number of pyridine rings is 1. The Balaban J connectivity index is 1.68. The molecule has 0 aliphatic rings. The van der Waals surface area contributed by atoms with Crippen molar-refractivity contribution in [3.05, 3.63) is 100 Å². The maximum Gasteiger partial charge on any atom is 0.267 e. The van der Waals surface area contributed by atoms with E-state index in [-0.39, 0.29) is 11.5 Å². The van der Waals surface area contributed by atoms with Crippen molar-refractivity contribution in [1.29, 1.82) is 0 Å². The number of nitrogens with zero attached hydrogens (tertiary/aromatic N) is 5. The van der Waals surface area contributed by atoms with Gasteiger partial charge in [0.2, 0.25) is 5.95 Å². The standard InChI is InChI=1S/C25H20ClN7O/c1-15(30-22-18(14-29-25(27)32-22)16-10-12-28-13-11-16)23-31-20-9-5-8-19(26)21(20)24(34)33(23)17-6-3-2-4-7-17/h2-15H,1H3,(H3,27,29,30,32). The van der Waals surface area contributed by atoms with Gasteiger partial charge in [-0.05, 0) is 48.9 Å². The summed E-state index contributed by atoms with van der Waals surface area (Å²) in [5.74, 6) is 1.15. The lowest BCUT2D eigenvalue weighted by atomic mass is 10.1. The van der Waals surface area contributed by atoms with E-state index in [1.165, 1.54) is 0 Å². The molecule has 0 spiro atoms. The Labute approximate surface area is 200 Å². The fraction of sp³-hybridized carbons (Fsp3) is 0.0800. The van der Waals surface area contributed by atoms with Crippen LogP contribution in [-0.2, 0) is 0 Å². The summed E-state index contributed by atoms with van der Waals surface area (Å²) in [6.07, 6.45) is 5.05. The van der Waals surface area contributed by atoms with Crippen molar-refractivity contribution >= 4 is 34.3 Å². The van der Waals surface area contributed by atoms with Crippen LogP contribution in [0.25, 0.3) is 27.7 Å². The van der Waals surface area contributed by atoms with Crippen LogP contribution in [0, 0.1) is 0 Å². The summed E-state index contributed by atoms with van der Waals surface area (Å²) >= 11 is 6.38. The second-order valence-corrected chi connectivity index (χ2v) is 8.08. The summed E-state index contributed by atoms with van der Waals surface area (Å²) in [5.41, 5.74) is 8.48. The highest BCUT2D eigenvalue weighted by Crippen LogP contribution is 2.29. The van der Waals surface area contributed by atoms with Crippen LogP contribution < -0.4 is 16.6 Å². The monoisotopic (exact) mass is 469 g/mol. The quantitative estimate of drug-likeness (QED) is 0.385. The van der Waals surface area contributed by atoms with Crippen LogP contribution in [0.3, 0.4) is 0 Å². The van der Waals surface area contributed by atoms with Crippen molar-refractivity contribution in [3.63, 3.8) is 0 Å². The topological polar surface area (TPSA) is 112 Å². The van der Waals surface area contributed by atoms with E-state index >= 15 is 0 Å². The minimum absolute atomic E-state index is 0.131. The zero-order valence-corrected chi connectivity index (χ0v) is 18.9. The summed E-state index contributed by atoms with van der Waals surface area (Å²) < 4.78 is 1.57. The summed E-state index contributed by atoms with van der Waals surface area (Å²) in [7, 11) is 0. The van der Waals surface area contributed by atoms with Crippen molar-refractivity contribution in [2.24, 2.45) is 0 Å². The number of aromatic nitrogens is 5. The second-order valence-electron chi connectivity index (χ2n) is 7.67. The van der Waals surface area contributed by atoms with Crippen LogP contribution in [0.15, 0.2) is 84.0 Å². The van der Waals surface area contributed by atoms with E-state index in [4.69, 9.17) is 22.3 Å². The van der Waals surface area contributed by atoms with Gasteiger partial charge in [0.05, 0.1) is 27.7 Å². The molecule has 3 aromatic heterocycles. The molecule has 168 valence electrons. The summed E-state index contributed by atoms with van der Waals surface area (Å²) in [5, 5.41) is 4.10. The number of hydrogen-bond donors (Lipinski definition) is 2. The molecule has 0 aliphatic carbocycles. The highest BCUT2D eigenvalue weighted by molar-refractivity contribution is 6.35. The highest BCUT2D eigenvalue weighted by Gasteiger charge is 2.21. The molecule has 5 aromatic rings. The Morgan fingerprint density at radius 1 is 1.00 bits per heavy atom. The van der Waals surface area contributed by atoms with Crippen molar-refractivity contribution in [2.75, 3.05) is 11.1 Å². The fourth-order valence-corrected chi connectivity index (χ4v) is 4.09. The molecule has 1 unspecified atom stereocenters. The van der Waals surface area contributed by atoms with E-state index in [1.54, 1.807) is 41.4 Å². The van der Waals surface area contributed by atoms with E-state index in [9.17, 15) is 4.79 Å². The first-order valence-corrected chi connectivity index (χ1v) is 11.0. The number of rotatable bonds is 5. The fourth-order valence-electron chi connectivity index (χ4n) is 3.84.